The summed E-state index contributed by atoms with van der Waals surface area (Å²) in [6.07, 6.45) is 3.12. The summed E-state index contributed by atoms with van der Waals surface area (Å²) in [6.45, 7) is 5.57. The lowest BCUT2D eigenvalue weighted by atomic mass is 9.92. The van der Waals surface area contributed by atoms with Gasteiger partial charge in [0.05, 0.1) is 22.2 Å². The van der Waals surface area contributed by atoms with E-state index in [1.807, 2.05) is 20.8 Å². The van der Waals surface area contributed by atoms with E-state index in [0.29, 0.717) is 11.5 Å². The van der Waals surface area contributed by atoms with Gasteiger partial charge in [-0.15, -0.1) is 0 Å². The molecule has 12 nitrogen and oxygen atoms in total. The zero-order chi connectivity index (χ0) is 23.0. The number of non-ortho nitro benzene ring substituents is 1. The number of hydrogen-bond acceptors (Lipinski definition) is 8. The van der Waals surface area contributed by atoms with E-state index in [1.54, 1.807) is 24.5 Å². The number of nitrogens with one attached hydrogen (secondary N) is 1. The van der Waals surface area contributed by atoms with Crippen molar-refractivity contribution in [2.45, 2.75) is 32.7 Å². The second kappa shape index (κ2) is 7.72. The first-order valence-corrected chi connectivity index (χ1v) is 9.59. The highest BCUT2D eigenvalue weighted by Gasteiger charge is 2.23. The van der Waals surface area contributed by atoms with Crippen LogP contribution in [0.3, 0.4) is 0 Å². The van der Waals surface area contributed by atoms with Crippen LogP contribution in [0.15, 0.2) is 51.9 Å². The molecule has 0 radical (unpaired) electrons. The summed E-state index contributed by atoms with van der Waals surface area (Å²) in [4.78, 5) is 43.7. The smallest absolute Gasteiger partial charge is 0.407 e. The fraction of sp³-hybridized carbons (Fsp3) is 0.250. The quantitative estimate of drug-likeness (QED) is 0.369. The molecule has 0 saturated carbocycles. The lowest BCUT2D eigenvalue weighted by molar-refractivity contribution is -0.384. The molecule has 4 rings (SSSR count). The van der Waals surface area contributed by atoms with Crippen molar-refractivity contribution < 1.29 is 14.1 Å². The van der Waals surface area contributed by atoms with Crippen molar-refractivity contribution in [2.24, 2.45) is 0 Å². The van der Waals surface area contributed by atoms with Crippen LogP contribution in [0.5, 0.6) is 0 Å². The van der Waals surface area contributed by atoms with Gasteiger partial charge < -0.3 is 9.73 Å². The van der Waals surface area contributed by atoms with Crippen LogP contribution in [0.25, 0.3) is 17.0 Å². The maximum atomic E-state index is 12.8. The van der Waals surface area contributed by atoms with Gasteiger partial charge in [0.1, 0.15) is 12.4 Å². The second-order valence-corrected chi connectivity index (χ2v) is 8.04. The first-order chi connectivity index (χ1) is 15.1. The summed E-state index contributed by atoms with van der Waals surface area (Å²) >= 11 is 0. The van der Waals surface area contributed by atoms with Crippen LogP contribution in [-0.2, 0) is 16.8 Å². The Kier molecular flexibility index (Phi) is 5.04. The number of benzene rings is 1. The van der Waals surface area contributed by atoms with Gasteiger partial charge in [0.15, 0.2) is 5.58 Å². The van der Waals surface area contributed by atoms with E-state index in [9.17, 15) is 19.7 Å². The Morgan fingerprint density at radius 2 is 1.94 bits per heavy atom. The zero-order valence-electron chi connectivity index (χ0n) is 17.5. The summed E-state index contributed by atoms with van der Waals surface area (Å²) < 4.78 is 7.58. The number of aromatic nitrogens is 5. The summed E-state index contributed by atoms with van der Waals surface area (Å²) in [6, 6.07) is 7.13. The molecule has 0 aliphatic heterocycles. The number of anilines is 1. The van der Waals surface area contributed by atoms with Crippen LogP contribution in [-0.4, -0.2) is 35.1 Å². The van der Waals surface area contributed by atoms with Gasteiger partial charge in [-0.05, 0) is 12.1 Å². The van der Waals surface area contributed by atoms with E-state index >= 15 is 0 Å². The highest BCUT2D eigenvalue weighted by molar-refractivity contribution is 5.91. The summed E-state index contributed by atoms with van der Waals surface area (Å²) in [5.41, 5.74) is 0.481. The largest absolute Gasteiger partial charge is 0.420 e. The number of nitro benzene ring substituents is 1. The van der Waals surface area contributed by atoms with Gasteiger partial charge in [0, 0.05) is 29.9 Å². The highest BCUT2D eigenvalue weighted by atomic mass is 16.6. The van der Waals surface area contributed by atoms with Crippen molar-refractivity contribution in [2.75, 3.05) is 5.32 Å². The molecule has 1 N–H and O–H groups in total. The molecule has 0 saturated heterocycles. The minimum absolute atomic E-state index is 0.0229. The fourth-order valence-electron chi connectivity index (χ4n) is 3.03. The van der Waals surface area contributed by atoms with Crippen molar-refractivity contribution in [3.05, 3.63) is 69.1 Å². The third kappa shape index (κ3) is 3.97. The molecule has 0 atom stereocenters. The maximum absolute atomic E-state index is 12.8. The lowest BCUT2D eigenvalue weighted by Gasteiger charge is -2.13. The van der Waals surface area contributed by atoms with Crippen LogP contribution in [0.2, 0.25) is 0 Å². The number of carbonyl (C=O) groups excluding carboxylic acids is 1. The van der Waals surface area contributed by atoms with Crippen molar-refractivity contribution in [3.63, 3.8) is 0 Å². The number of fused-ring (bicyclic) bond motifs is 1. The summed E-state index contributed by atoms with van der Waals surface area (Å²) in [7, 11) is 0. The number of amides is 1. The van der Waals surface area contributed by atoms with Crippen molar-refractivity contribution >= 4 is 28.5 Å². The summed E-state index contributed by atoms with van der Waals surface area (Å²) in [5.74, 6) is -0.712. The molecule has 3 heterocycles. The predicted octanol–water partition coefficient (Wildman–Crippen LogP) is 2.41. The van der Waals surface area contributed by atoms with Crippen molar-refractivity contribution in [1.29, 1.82) is 0 Å². The monoisotopic (exact) mass is 437 g/mol. The minimum Gasteiger partial charge on any atom is -0.407 e. The van der Waals surface area contributed by atoms with E-state index in [-0.39, 0.29) is 34.7 Å². The molecule has 1 aromatic carbocycles. The SMILES string of the molecule is CC(C)(C)c1cc(NC(=O)Cn2c(=O)oc3cc([N+](=O)[O-])ccc32)n(-c2ncccn2)n1. The molecular weight excluding hydrogens is 418 g/mol. The average molecular weight is 437 g/mol. The molecule has 0 unspecified atom stereocenters. The summed E-state index contributed by atoms with van der Waals surface area (Å²) in [5, 5.41) is 18.2. The molecule has 32 heavy (non-hydrogen) atoms. The van der Waals surface area contributed by atoms with Gasteiger partial charge in [-0.3, -0.25) is 19.5 Å². The molecule has 1 amide bonds. The Hall–Kier alpha value is -4.35. The molecule has 0 fully saturated rings. The van der Waals surface area contributed by atoms with Crippen molar-refractivity contribution in [1.82, 2.24) is 24.3 Å². The zero-order valence-corrected chi connectivity index (χ0v) is 17.5. The van der Waals surface area contributed by atoms with E-state index in [1.165, 1.54) is 16.8 Å². The fourth-order valence-corrected chi connectivity index (χ4v) is 3.03. The minimum atomic E-state index is -0.800. The van der Waals surface area contributed by atoms with Gasteiger partial charge in [-0.2, -0.15) is 9.78 Å². The van der Waals surface area contributed by atoms with Crippen LogP contribution >= 0.6 is 0 Å². The van der Waals surface area contributed by atoms with Crippen LogP contribution in [0, 0.1) is 10.1 Å². The third-order valence-corrected chi connectivity index (χ3v) is 4.65. The molecule has 0 bridgehead atoms. The van der Waals surface area contributed by atoms with E-state index in [4.69, 9.17) is 4.42 Å². The number of oxazole rings is 1. The van der Waals surface area contributed by atoms with Gasteiger partial charge in [0.2, 0.25) is 5.91 Å². The molecule has 0 aliphatic carbocycles. The molecule has 12 heteroatoms. The number of carbonyl (C=O) groups is 1. The average Bonchev–Trinajstić information content (AvgIpc) is 3.29. The first kappa shape index (κ1) is 20.9. The second-order valence-electron chi connectivity index (χ2n) is 8.04. The maximum Gasteiger partial charge on any atom is 0.420 e. The molecule has 0 aliphatic rings. The predicted molar refractivity (Wildman–Crippen MR) is 114 cm³/mol. The van der Waals surface area contributed by atoms with E-state index < -0.39 is 16.6 Å². The van der Waals surface area contributed by atoms with Gasteiger partial charge in [0.25, 0.3) is 11.6 Å². The molecule has 4 aromatic rings. The number of hydrogen-bond donors (Lipinski definition) is 1. The highest BCUT2D eigenvalue weighted by Crippen LogP contribution is 2.25. The van der Waals surface area contributed by atoms with E-state index in [2.05, 4.69) is 20.4 Å². The number of rotatable bonds is 5. The van der Waals surface area contributed by atoms with Gasteiger partial charge >= 0.3 is 5.76 Å². The van der Waals surface area contributed by atoms with Crippen LogP contribution in [0.1, 0.15) is 26.5 Å². The lowest BCUT2D eigenvalue weighted by Crippen LogP contribution is -2.25. The van der Waals surface area contributed by atoms with Crippen LogP contribution in [0.4, 0.5) is 11.5 Å². The van der Waals surface area contributed by atoms with E-state index in [0.717, 1.165) is 10.6 Å². The Balaban J connectivity index is 1.65. The Bertz CT molecular complexity index is 1380. The molecule has 3 aromatic heterocycles. The Labute approximate surface area is 180 Å². The van der Waals surface area contributed by atoms with Gasteiger partial charge in [-0.25, -0.2) is 14.8 Å². The topological polar surface area (TPSA) is 151 Å². The Morgan fingerprint density at radius 3 is 2.59 bits per heavy atom. The molecule has 0 spiro atoms. The Morgan fingerprint density at radius 1 is 1.22 bits per heavy atom. The normalized spacial score (nSPS) is 11.6. The van der Waals surface area contributed by atoms with Gasteiger partial charge in [-0.1, -0.05) is 20.8 Å². The number of nitrogens with zero attached hydrogens (tertiary/aromatic N) is 6. The van der Waals surface area contributed by atoms with Crippen LogP contribution < -0.4 is 11.1 Å². The van der Waals surface area contributed by atoms with Crippen molar-refractivity contribution in [3.8, 4) is 5.95 Å². The molecular formula is C20H19N7O5. The third-order valence-electron chi connectivity index (χ3n) is 4.65. The first-order valence-electron chi connectivity index (χ1n) is 9.59. The standard InChI is InChI=1S/C20H19N7O5/c1-20(2,3)15-10-16(26(24-15)18-21-7-4-8-22-18)23-17(28)11-25-13-6-5-12(27(30)31)9-14(13)32-19(25)29/h4-10H,11H2,1-3H3,(H,23,28). The number of nitro groups is 1. The molecule has 164 valence electrons.